The molecule has 0 aromatic heterocycles. The SMILES string of the molecule is CCCN(CCO)CC(=O)NC(C)c1ccc(Br)cc1. The number of halogens is 1. The van der Waals surface area contributed by atoms with Gasteiger partial charge in [-0.1, -0.05) is 35.0 Å². The molecule has 1 unspecified atom stereocenters. The molecule has 0 fully saturated rings. The Kier molecular flexibility index (Phi) is 7.80. The van der Waals surface area contributed by atoms with E-state index in [-0.39, 0.29) is 18.6 Å². The molecule has 1 aromatic rings. The van der Waals surface area contributed by atoms with Gasteiger partial charge in [-0.2, -0.15) is 0 Å². The minimum Gasteiger partial charge on any atom is -0.395 e. The molecular formula is C15H23BrN2O2. The molecule has 20 heavy (non-hydrogen) atoms. The molecule has 0 radical (unpaired) electrons. The highest BCUT2D eigenvalue weighted by atomic mass is 79.9. The lowest BCUT2D eigenvalue weighted by atomic mass is 10.1. The molecule has 0 saturated carbocycles. The standard InChI is InChI=1S/C15H23BrN2O2/c1-3-8-18(9-10-19)11-15(20)17-12(2)13-4-6-14(16)7-5-13/h4-7,12,19H,3,8-11H2,1-2H3,(H,17,20). The predicted molar refractivity (Wildman–Crippen MR) is 84.5 cm³/mol. The van der Waals surface area contributed by atoms with Gasteiger partial charge in [-0.05, 0) is 37.6 Å². The molecule has 112 valence electrons. The number of carbonyl (C=O) groups is 1. The van der Waals surface area contributed by atoms with Gasteiger partial charge in [0.15, 0.2) is 0 Å². The summed E-state index contributed by atoms with van der Waals surface area (Å²) in [6.07, 6.45) is 0.968. The van der Waals surface area contributed by atoms with E-state index in [0.717, 1.165) is 23.0 Å². The fourth-order valence-corrected chi connectivity index (χ4v) is 2.32. The Morgan fingerprint density at radius 1 is 1.35 bits per heavy atom. The third kappa shape index (κ3) is 6.03. The van der Waals surface area contributed by atoms with Crippen LogP contribution in [0.2, 0.25) is 0 Å². The minimum atomic E-state index is -0.0202. The van der Waals surface area contributed by atoms with Gasteiger partial charge in [-0.15, -0.1) is 0 Å². The zero-order chi connectivity index (χ0) is 15.0. The van der Waals surface area contributed by atoms with Crippen LogP contribution < -0.4 is 5.32 Å². The van der Waals surface area contributed by atoms with Crippen molar-refractivity contribution in [2.75, 3.05) is 26.2 Å². The fraction of sp³-hybridized carbons (Fsp3) is 0.533. The van der Waals surface area contributed by atoms with Crippen LogP contribution in [0.15, 0.2) is 28.7 Å². The Morgan fingerprint density at radius 3 is 2.55 bits per heavy atom. The summed E-state index contributed by atoms with van der Waals surface area (Å²) >= 11 is 3.39. The van der Waals surface area contributed by atoms with Crippen molar-refractivity contribution in [3.8, 4) is 0 Å². The van der Waals surface area contributed by atoms with Crippen molar-refractivity contribution >= 4 is 21.8 Å². The summed E-state index contributed by atoms with van der Waals surface area (Å²) in [5.41, 5.74) is 1.07. The first-order valence-corrected chi connectivity index (χ1v) is 7.74. The van der Waals surface area contributed by atoms with Gasteiger partial charge in [0.2, 0.25) is 5.91 Å². The first kappa shape index (κ1) is 17.1. The van der Waals surface area contributed by atoms with Gasteiger partial charge in [0, 0.05) is 11.0 Å². The Balaban J connectivity index is 2.49. The maximum absolute atomic E-state index is 12.0. The quantitative estimate of drug-likeness (QED) is 0.762. The fourth-order valence-electron chi connectivity index (χ4n) is 2.05. The van der Waals surface area contributed by atoms with Gasteiger partial charge in [-0.25, -0.2) is 0 Å². The van der Waals surface area contributed by atoms with Crippen molar-refractivity contribution in [1.29, 1.82) is 0 Å². The Morgan fingerprint density at radius 2 is 2.00 bits per heavy atom. The van der Waals surface area contributed by atoms with Crippen molar-refractivity contribution in [2.24, 2.45) is 0 Å². The average molecular weight is 343 g/mol. The van der Waals surface area contributed by atoms with Crippen molar-refractivity contribution < 1.29 is 9.90 Å². The molecule has 0 saturated heterocycles. The largest absolute Gasteiger partial charge is 0.395 e. The lowest BCUT2D eigenvalue weighted by Crippen LogP contribution is -2.39. The Labute approximate surface area is 129 Å². The van der Waals surface area contributed by atoms with E-state index in [4.69, 9.17) is 5.11 Å². The lowest BCUT2D eigenvalue weighted by Gasteiger charge is -2.21. The van der Waals surface area contributed by atoms with Crippen LogP contribution in [0.3, 0.4) is 0 Å². The van der Waals surface area contributed by atoms with E-state index >= 15 is 0 Å². The number of amides is 1. The number of nitrogens with zero attached hydrogens (tertiary/aromatic N) is 1. The van der Waals surface area contributed by atoms with Crippen LogP contribution in [0.1, 0.15) is 31.9 Å². The summed E-state index contributed by atoms with van der Waals surface area (Å²) in [5, 5.41) is 12.0. The summed E-state index contributed by atoms with van der Waals surface area (Å²) in [4.78, 5) is 14.0. The molecule has 1 amide bonds. The number of benzene rings is 1. The average Bonchev–Trinajstić information content (AvgIpc) is 2.39. The monoisotopic (exact) mass is 342 g/mol. The molecule has 4 nitrogen and oxygen atoms in total. The van der Waals surface area contributed by atoms with Gasteiger partial charge in [-0.3, -0.25) is 9.69 Å². The molecule has 0 heterocycles. The summed E-state index contributed by atoms with van der Waals surface area (Å²) in [5.74, 6) is -0.0117. The summed E-state index contributed by atoms with van der Waals surface area (Å²) in [6, 6.07) is 7.90. The predicted octanol–water partition coefficient (Wildman–Crippen LogP) is 2.33. The summed E-state index contributed by atoms with van der Waals surface area (Å²) in [6.45, 7) is 5.80. The van der Waals surface area contributed by atoms with Crippen LogP contribution in [0.4, 0.5) is 0 Å². The zero-order valence-corrected chi connectivity index (χ0v) is 13.7. The first-order chi connectivity index (χ1) is 9.56. The number of carbonyl (C=O) groups excluding carboxylic acids is 1. The maximum atomic E-state index is 12.0. The molecule has 2 N–H and O–H groups in total. The highest BCUT2D eigenvalue weighted by molar-refractivity contribution is 9.10. The number of aliphatic hydroxyl groups excluding tert-OH is 1. The Hall–Kier alpha value is -0.910. The van der Waals surface area contributed by atoms with Gasteiger partial charge in [0.25, 0.3) is 0 Å². The van der Waals surface area contributed by atoms with Gasteiger partial charge < -0.3 is 10.4 Å². The smallest absolute Gasteiger partial charge is 0.234 e. The second-order valence-corrected chi connectivity index (χ2v) is 5.76. The molecule has 0 spiro atoms. The van der Waals surface area contributed by atoms with Crippen molar-refractivity contribution in [1.82, 2.24) is 10.2 Å². The van der Waals surface area contributed by atoms with Crippen molar-refractivity contribution in [2.45, 2.75) is 26.3 Å². The molecule has 0 aliphatic carbocycles. The molecule has 5 heteroatoms. The summed E-state index contributed by atoms with van der Waals surface area (Å²) < 4.78 is 1.02. The molecule has 1 aromatic carbocycles. The van der Waals surface area contributed by atoms with E-state index in [1.54, 1.807) is 0 Å². The van der Waals surface area contributed by atoms with Crippen LogP contribution in [-0.2, 0) is 4.79 Å². The lowest BCUT2D eigenvalue weighted by molar-refractivity contribution is -0.123. The van der Waals surface area contributed by atoms with Gasteiger partial charge in [0.1, 0.15) is 0 Å². The summed E-state index contributed by atoms with van der Waals surface area (Å²) in [7, 11) is 0. The highest BCUT2D eigenvalue weighted by Gasteiger charge is 2.13. The van der Waals surface area contributed by atoms with Gasteiger partial charge >= 0.3 is 0 Å². The molecule has 0 aliphatic heterocycles. The third-order valence-electron chi connectivity index (χ3n) is 3.07. The normalized spacial score (nSPS) is 12.4. The second kappa shape index (κ2) is 9.10. The maximum Gasteiger partial charge on any atom is 0.234 e. The van der Waals surface area contributed by atoms with E-state index in [0.29, 0.717) is 13.1 Å². The third-order valence-corrected chi connectivity index (χ3v) is 3.60. The minimum absolute atomic E-state index is 0.0117. The highest BCUT2D eigenvalue weighted by Crippen LogP contribution is 2.16. The number of aliphatic hydroxyl groups is 1. The Bertz CT molecular complexity index is 403. The second-order valence-electron chi connectivity index (χ2n) is 4.84. The van der Waals surface area contributed by atoms with E-state index in [1.807, 2.05) is 36.1 Å². The molecule has 1 rings (SSSR count). The van der Waals surface area contributed by atoms with E-state index in [1.165, 1.54) is 0 Å². The van der Waals surface area contributed by atoms with Crippen LogP contribution in [0.25, 0.3) is 0 Å². The topological polar surface area (TPSA) is 52.6 Å². The molecule has 0 bridgehead atoms. The van der Waals surface area contributed by atoms with E-state index in [2.05, 4.69) is 28.2 Å². The van der Waals surface area contributed by atoms with Crippen LogP contribution in [0, 0.1) is 0 Å². The number of rotatable bonds is 8. The van der Waals surface area contributed by atoms with Crippen molar-refractivity contribution in [3.05, 3.63) is 34.3 Å². The molecular weight excluding hydrogens is 320 g/mol. The number of hydrogen-bond donors (Lipinski definition) is 2. The van der Waals surface area contributed by atoms with Gasteiger partial charge in [0.05, 0.1) is 19.2 Å². The van der Waals surface area contributed by atoms with Crippen molar-refractivity contribution in [3.63, 3.8) is 0 Å². The molecule has 1 atom stereocenters. The van der Waals surface area contributed by atoms with E-state index < -0.39 is 0 Å². The first-order valence-electron chi connectivity index (χ1n) is 6.94. The molecule has 0 aliphatic rings. The number of nitrogens with one attached hydrogen (secondary N) is 1. The van der Waals surface area contributed by atoms with Crippen LogP contribution in [0.5, 0.6) is 0 Å². The van der Waals surface area contributed by atoms with Crippen LogP contribution >= 0.6 is 15.9 Å². The van der Waals surface area contributed by atoms with E-state index in [9.17, 15) is 4.79 Å². The van der Waals surface area contributed by atoms with Crippen LogP contribution in [-0.4, -0.2) is 42.2 Å². The zero-order valence-electron chi connectivity index (χ0n) is 12.1. The number of hydrogen-bond acceptors (Lipinski definition) is 3.